The van der Waals surface area contributed by atoms with Gasteiger partial charge in [-0.2, -0.15) is 0 Å². The van der Waals surface area contributed by atoms with E-state index in [4.69, 9.17) is 9.47 Å². The summed E-state index contributed by atoms with van der Waals surface area (Å²) in [5.41, 5.74) is 8.02. The van der Waals surface area contributed by atoms with Crippen molar-refractivity contribution in [3.63, 3.8) is 0 Å². The highest BCUT2D eigenvalue weighted by Crippen LogP contribution is 2.44. The van der Waals surface area contributed by atoms with E-state index in [1.54, 1.807) is 0 Å². The molecular formula is C34H31BN3O2+. The Kier molecular flexibility index (Phi) is 5.78. The van der Waals surface area contributed by atoms with Crippen LogP contribution >= 0.6 is 0 Å². The van der Waals surface area contributed by atoms with Crippen molar-refractivity contribution in [3.8, 4) is 23.1 Å². The molecule has 0 saturated heterocycles. The van der Waals surface area contributed by atoms with Gasteiger partial charge in [-0.05, 0) is 62.2 Å². The summed E-state index contributed by atoms with van der Waals surface area (Å²) in [6.45, 7) is 6.36. The quantitative estimate of drug-likeness (QED) is 0.262. The van der Waals surface area contributed by atoms with E-state index in [-0.39, 0.29) is 13.0 Å². The van der Waals surface area contributed by atoms with Gasteiger partial charge in [-0.1, -0.05) is 66.7 Å². The molecule has 4 aromatic carbocycles. The second-order valence-electron chi connectivity index (χ2n) is 10.6. The number of rotatable bonds is 4. The fraction of sp³-hybridized carbons (Fsp3) is 0.147. The molecule has 2 aliphatic heterocycles. The Morgan fingerprint density at radius 1 is 0.725 bits per heavy atom. The maximum atomic E-state index is 6.58. The lowest BCUT2D eigenvalue weighted by Gasteiger charge is -2.29. The molecule has 1 atom stereocenters. The molecule has 0 N–H and O–H groups in total. The molecule has 0 amide bonds. The number of para-hydroxylation sites is 5. The molecule has 40 heavy (non-hydrogen) atoms. The van der Waals surface area contributed by atoms with Crippen molar-refractivity contribution in [2.75, 3.05) is 16.8 Å². The molecule has 0 fully saturated rings. The zero-order valence-electron chi connectivity index (χ0n) is 23.2. The Labute approximate surface area is 235 Å². The van der Waals surface area contributed by atoms with Crippen LogP contribution in [0, 0.1) is 13.8 Å². The second-order valence-corrected chi connectivity index (χ2v) is 10.6. The molecule has 196 valence electrons. The van der Waals surface area contributed by atoms with E-state index < -0.39 is 0 Å². The van der Waals surface area contributed by atoms with Crippen LogP contribution in [0.1, 0.15) is 18.1 Å². The summed E-state index contributed by atoms with van der Waals surface area (Å²) in [7, 11) is 2.16. The maximum Gasteiger partial charge on any atom is 0.569 e. The Morgan fingerprint density at radius 3 is 2.17 bits per heavy atom. The monoisotopic (exact) mass is 524 g/mol. The van der Waals surface area contributed by atoms with Crippen molar-refractivity contribution < 1.29 is 14.0 Å². The number of aromatic nitrogens is 1. The highest BCUT2D eigenvalue weighted by Gasteiger charge is 2.46. The normalized spacial score (nSPS) is 15.3. The molecular weight excluding hydrogens is 493 g/mol. The third-order valence-corrected chi connectivity index (χ3v) is 8.21. The van der Waals surface area contributed by atoms with Crippen LogP contribution < -0.4 is 34.7 Å². The Bertz CT molecular complexity index is 1750. The van der Waals surface area contributed by atoms with E-state index in [1.165, 1.54) is 11.4 Å². The number of ether oxygens (including phenoxy) is 2. The summed E-state index contributed by atoms with van der Waals surface area (Å²) in [6, 6.07) is 35.6. The van der Waals surface area contributed by atoms with Crippen LogP contribution in [0.4, 0.5) is 17.1 Å². The molecule has 7 rings (SSSR count). The number of hydrogen-bond donors (Lipinski definition) is 0. The Hall–Kier alpha value is -4.71. The summed E-state index contributed by atoms with van der Waals surface area (Å²) in [6.07, 6.45) is 2.42. The maximum absolute atomic E-state index is 6.58. The highest BCUT2D eigenvalue weighted by molar-refractivity contribution is 6.80. The Balaban J connectivity index is 1.41. The van der Waals surface area contributed by atoms with Crippen molar-refractivity contribution >= 4 is 34.8 Å². The molecule has 6 heteroatoms. The molecule has 0 saturated carbocycles. The van der Waals surface area contributed by atoms with Crippen molar-refractivity contribution in [3.05, 3.63) is 120 Å². The van der Waals surface area contributed by atoms with E-state index in [0.29, 0.717) is 0 Å². The van der Waals surface area contributed by atoms with Gasteiger partial charge in [-0.3, -0.25) is 0 Å². The lowest BCUT2D eigenvalue weighted by molar-refractivity contribution is -0.542. The van der Waals surface area contributed by atoms with Crippen LogP contribution in [0.5, 0.6) is 23.1 Å². The minimum atomic E-state index is -0.134. The smallest absolute Gasteiger partial charge is 0.457 e. The molecule has 0 radical (unpaired) electrons. The Morgan fingerprint density at radius 2 is 1.38 bits per heavy atom. The van der Waals surface area contributed by atoms with Crippen LogP contribution in [-0.2, 0) is 0 Å². The lowest BCUT2D eigenvalue weighted by atomic mass is 9.49. The van der Waals surface area contributed by atoms with Gasteiger partial charge in [0.2, 0.25) is 0 Å². The molecule has 2 aliphatic rings. The van der Waals surface area contributed by atoms with Crippen LogP contribution in [-0.4, -0.2) is 20.1 Å². The van der Waals surface area contributed by atoms with Crippen LogP contribution in [0.25, 0.3) is 0 Å². The molecule has 0 unspecified atom stereocenters. The largest absolute Gasteiger partial charge is 0.569 e. The number of fused-ring (bicyclic) bond motifs is 3. The fourth-order valence-corrected chi connectivity index (χ4v) is 6.01. The topological polar surface area (TPSA) is 28.8 Å². The van der Waals surface area contributed by atoms with Gasteiger partial charge in [0.1, 0.15) is 29.1 Å². The van der Waals surface area contributed by atoms with Crippen LogP contribution in [0.3, 0.4) is 0 Å². The first-order chi connectivity index (χ1) is 19.5. The summed E-state index contributed by atoms with van der Waals surface area (Å²) in [4.78, 5) is 4.75. The first kappa shape index (κ1) is 24.3. The minimum absolute atomic E-state index is 0.134. The van der Waals surface area contributed by atoms with Crippen LogP contribution in [0.2, 0.25) is 0 Å². The molecule has 5 aromatic rings. The number of hydrogen-bond acceptors (Lipinski definition) is 4. The number of aryl methyl sites for hydroxylation is 2. The average molecular weight is 524 g/mol. The SMILES string of the molecule is Cc1ccccc1Oc1ccccc1B1c2ccccc2Oc2cc(C)c(N3c4ccccc4N(C)[C@@H]3C)c[n+]21. The van der Waals surface area contributed by atoms with Gasteiger partial charge in [-0.15, -0.1) is 0 Å². The molecule has 0 spiro atoms. The van der Waals surface area contributed by atoms with Gasteiger partial charge < -0.3 is 19.3 Å². The van der Waals surface area contributed by atoms with E-state index in [1.807, 2.05) is 36.4 Å². The molecule has 0 bridgehead atoms. The number of benzene rings is 4. The van der Waals surface area contributed by atoms with Gasteiger partial charge in [0, 0.05) is 18.0 Å². The number of pyridine rings is 1. The minimum Gasteiger partial charge on any atom is -0.457 e. The third-order valence-electron chi connectivity index (χ3n) is 8.21. The standard InChI is InChI=1S/C34H31BN3O2/c1-23-13-5-10-18-31(23)39-32-19-11-6-14-26(32)35-27-15-7-12-20-33(27)40-34-21-24(2)30(22-37(34)35)38-25(3)36(4)28-16-8-9-17-29(28)38/h5-22,25H,1-4H3/q+1/t25-/m0/s1. The first-order valence-corrected chi connectivity index (χ1v) is 13.8. The van der Waals surface area contributed by atoms with Crippen molar-refractivity contribution in [2.45, 2.75) is 26.9 Å². The second kappa shape index (κ2) is 9.49. The van der Waals surface area contributed by atoms with E-state index in [2.05, 4.69) is 115 Å². The van der Waals surface area contributed by atoms with Gasteiger partial charge in [0.05, 0.1) is 17.4 Å². The van der Waals surface area contributed by atoms with Gasteiger partial charge >= 0.3 is 12.7 Å². The van der Waals surface area contributed by atoms with Crippen molar-refractivity contribution in [1.82, 2.24) is 0 Å². The highest BCUT2D eigenvalue weighted by atomic mass is 16.5. The van der Waals surface area contributed by atoms with Crippen LogP contribution in [0.15, 0.2) is 109 Å². The molecule has 0 aliphatic carbocycles. The predicted molar refractivity (Wildman–Crippen MR) is 162 cm³/mol. The van der Waals surface area contributed by atoms with Gasteiger partial charge in [0.25, 0.3) is 0 Å². The van der Waals surface area contributed by atoms with E-state index in [0.717, 1.165) is 50.9 Å². The molecule has 5 nitrogen and oxygen atoms in total. The zero-order chi connectivity index (χ0) is 27.4. The lowest BCUT2D eigenvalue weighted by Crippen LogP contribution is -2.68. The van der Waals surface area contributed by atoms with Gasteiger partial charge in [0.15, 0.2) is 6.20 Å². The predicted octanol–water partition coefficient (Wildman–Crippen LogP) is 6.08. The first-order valence-electron chi connectivity index (χ1n) is 13.8. The summed E-state index contributed by atoms with van der Waals surface area (Å²) >= 11 is 0. The summed E-state index contributed by atoms with van der Waals surface area (Å²) < 4.78 is 15.4. The van der Waals surface area contributed by atoms with E-state index in [9.17, 15) is 0 Å². The molecule has 1 aromatic heterocycles. The van der Waals surface area contributed by atoms with Crippen molar-refractivity contribution in [1.29, 1.82) is 0 Å². The number of anilines is 3. The number of nitrogens with zero attached hydrogens (tertiary/aromatic N) is 3. The van der Waals surface area contributed by atoms with Gasteiger partial charge in [-0.25, -0.2) is 4.48 Å². The summed E-state index contributed by atoms with van der Waals surface area (Å²) in [5, 5.41) is 0. The van der Waals surface area contributed by atoms with Crippen molar-refractivity contribution in [2.24, 2.45) is 0 Å². The van der Waals surface area contributed by atoms with E-state index >= 15 is 0 Å². The summed E-state index contributed by atoms with van der Waals surface area (Å²) in [5.74, 6) is 3.36. The third kappa shape index (κ3) is 3.82. The average Bonchev–Trinajstić information content (AvgIpc) is 3.22. The molecule has 3 heterocycles. The fourth-order valence-electron chi connectivity index (χ4n) is 6.01. The zero-order valence-corrected chi connectivity index (χ0v) is 23.2.